The molecule has 0 aliphatic carbocycles. The minimum absolute atomic E-state index is 0.270. The number of fused-ring (bicyclic) bond motifs is 1. The smallest absolute Gasteiger partial charge is 0.273 e. The number of amides is 1. The number of nitrogens with one attached hydrogen (secondary N) is 1. The Morgan fingerprint density at radius 3 is 3.07 bits per heavy atom. The van der Waals surface area contributed by atoms with Gasteiger partial charge in [-0.25, -0.2) is 0 Å². The molecule has 1 heterocycles. The lowest BCUT2D eigenvalue weighted by atomic mass is 10.2. The molecule has 3 N–H and O–H groups in total. The second kappa shape index (κ2) is 3.02. The Hall–Kier alpha value is -2.04. The van der Waals surface area contributed by atoms with E-state index in [0.29, 0.717) is 16.7 Å². The summed E-state index contributed by atoms with van der Waals surface area (Å²) >= 11 is 0. The Morgan fingerprint density at radius 1 is 1.57 bits per heavy atom. The molecule has 0 saturated heterocycles. The Balaban J connectivity index is 2.64. The van der Waals surface area contributed by atoms with E-state index in [1.165, 1.54) is 0 Å². The van der Waals surface area contributed by atoms with E-state index < -0.39 is 0 Å². The molecule has 14 heavy (non-hydrogen) atoms. The quantitative estimate of drug-likeness (QED) is 0.652. The van der Waals surface area contributed by atoms with Crippen molar-refractivity contribution >= 4 is 22.6 Å². The van der Waals surface area contributed by atoms with E-state index in [1.807, 2.05) is 0 Å². The molecule has 72 valence electrons. The number of aromatic nitrogens is 1. The lowest BCUT2D eigenvalue weighted by Gasteiger charge is -1.93. The highest BCUT2D eigenvalue weighted by molar-refractivity contribution is 6.04. The van der Waals surface area contributed by atoms with Crippen LogP contribution >= 0.6 is 0 Å². The van der Waals surface area contributed by atoms with Crippen LogP contribution in [-0.2, 0) is 0 Å². The van der Waals surface area contributed by atoms with E-state index >= 15 is 0 Å². The zero-order valence-corrected chi connectivity index (χ0v) is 7.57. The summed E-state index contributed by atoms with van der Waals surface area (Å²) in [6.07, 6.45) is 0. The van der Waals surface area contributed by atoms with Gasteiger partial charge in [0.25, 0.3) is 5.91 Å². The van der Waals surface area contributed by atoms with Gasteiger partial charge in [-0.15, -0.1) is 0 Å². The van der Waals surface area contributed by atoms with Gasteiger partial charge in [-0.1, -0.05) is 5.16 Å². The lowest BCUT2D eigenvalue weighted by Crippen LogP contribution is -2.18. The Kier molecular flexibility index (Phi) is 1.85. The van der Waals surface area contributed by atoms with Crippen molar-refractivity contribution in [2.45, 2.75) is 0 Å². The van der Waals surface area contributed by atoms with Crippen molar-refractivity contribution in [3.63, 3.8) is 0 Å². The molecule has 0 fully saturated rings. The van der Waals surface area contributed by atoms with Crippen LogP contribution in [0, 0.1) is 0 Å². The molecule has 0 unspecified atom stereocenters. The van der Waals surface area contributed by atoms with Gasteiger partial charge in [0.05, 0.1) is 5.39 Å². The number of carbonyl (C=O) groups is 1. The van der Waals surface area contributed by atoms with Gasteiger partial charge in [-0.05, 0) is 12.1 Å². The van der Waals surface area contributed by atoms with Crippen LogP contribution in [0.3, 0.4) is 0 Å². The van der Waals surface area contributed by atoms with Crippen LogP contribution in [0.5, 0.6) is 0 Å². The van der Waals surface area contributed by atoms with Gasteiger partial charge in [0.1, 0.15) is 0 Å². The fraction of sp³-hybridized carbons (Fsp3) is 0.111. The molecule has 1 aromatic heterocycles. The van der Waals surface area contributed by atoms with Crippen LogP contribution in [0.15, 0.2) is 22.7 Å². The van der Waals surface area contributed by atoms with Crippen LogP contribution in [0.25, 0.3) is 11.0 Å². The van der Waals surface area contributed by atoms with Gasteiger partial charge in [-0.2, -0.15) is 0 Å². The SMILES string of the molecule is CNC(=O)c1noc2cc(N)ccc12. The summed E-state index contributed by atoms with van der Waals surface area (Å²) in [4.78, 5) is 11.3. The maximum absolute atomic E-state index is 11.3. The molecule has 0 aliphatic heterocycles. The number of nitrogens with two attached hydrogens (primary N) is 1. The van der Waals surface area contributed by atoms with Crippen LogP contribution in [-0.4, -0.2) is 18.1 Å². The first-order chi connectivity index (χ1) is 6.72. The maximum Gasteiger partial charge on any atom is 0.273 e. The molecule has 1 amide bonds. The molecule has 5 nitrogen and oxygen atoms in total. The van der Waals surface area contributed by atoms with E-state index in [0.717, 1.165) is 0 Å². The first kappa shape index (κ1) is 8.55. The molecule has 2 aromatic rings. The molecule has 0 radical (unpaired) electrons. The molecule has 0 spiro atoms. The summed E-state index contributed by atoms with van der Waals surface area (Å²) in [7, 11) is 1.54. The fourth-order valence-corrected chi connectivity index (χ4v) is 1.24. The maximum atomic E-state index is 11.3. The van der Waals surface area contributed by atoms with Gasteiger partial charge in [0.2, 0.25) is 0 Å². The zero-order chi connectivity index (χ0) is 10.1. The third kappa shape index (κ3) is 1.19. The number of anilines is 1. The van der Waals surface area contributed by atoms with E-state index in [9.17, 15) is 4.79 Å². The topological polar surface area (TPSA) is 81.2 Å². The molecule has 0 aliphatic rings. The molecule has 0 bridgehead atoms. The standard InChI is InChI=1S/C9H9N3O2/c1-11-9(13)8-6-3-2-5(10)4-7(6)14-12-8/h2-4H,10H2,1H3,(H,11,13). The zero-order valence-electron chi connectivity index (χ0n) is 7.57. The first-order valence-corrected chi connectivity index (χ1v) is 4.09. The fourth-order valence-electron chi connectivity index (χ4n) is 1.24. The molecular formula is C9H9N3O2. The van der Waals surface area contributed by atoms with E-state index in [-0.39, 0.29) is 11.6 Å². The summed E-state index contributed by atoms with van der Waals surface area (Å²) in [5.74, 6) is -0.270. The molecule has 2 rings (SSSR count). The van der Waals surface area contributed by atoms with E-state index in [1.54, 1.807) is 25.2 Å². The molecule has 0 atom stereocenters. The van der Waals surface area contributed by atoms with Crippen molar-refractivity contribution in [1.82, 2.24) is 10.5 Å². The lowest BCUT2D eigenvalue weighted by molar-refractivity contribution is 0.0956. The van der Waals surface area contributed by atoms with Crippen molar-refractivity contribution in [2.75, 3.05) is 12.8 Å². The Morgan fingerprint density at radius 2 is 2.36 bits per heavy atom. The molecule has 1 aromatic carbocycles. The molecule has 5 heteroatoms. The van der Waals surface area contributed by atoms with Gasteiger partial charge < -0.3 is 15.6 Å². The largest absolute Gasteiger partial charge is 0.399 e. The van der Waals surface area contributed by atoms with Gasteiger partial charge in [0, 0.05) is 18.8 Å². The van der Waals surface area contributed by atoms with Crippen molar-refractivity contribution in [2.24, 2.45) is 0 Å². The predicted molar refractivity (Wildman–Crippen MR) is 51.8 cm³/mol. The summed E-state index contributed by atoms with van der Waals surface area (Å²) in [6.45, 7) is 0. The van der Waals surface area contributed by atoms with Crippen LogP contribution in [0.4, 0.5) is 5.69 Å². The van der Waals surface area contributed by atoms with Crippen LogP contribution in [0.1, 0.15) is 10.5 Å². The van der Waals surface area contributed by atoms with E-state index in [2.05, 4.69) is 10.5 Å². The van der Waals surface area contributed by atoms with Gasteiger partial charge in [-0.3, -0.25) is 4.79 Å². The van der Waals surface area contributed by atoms with Gasteiger partial charge in [0.15, 0.2) is 11.3 Å². The number of nitrogen functional groups attached to an aromatic ring is 1. The third-order valence-corrected chi connectivity index (χ3v) is 1.94. The summed E-state index contributed by atoms with van der Waals surface area (Å²) in [5, 5.41) is 6.81. The third-order valence-electron chi connectivity index (χ3n) is 1.94. The minimum Gasteiger partial charge on any atom is -0.399 e. The predicted octanol–water partition coefficient (Wildman–Crippen LogP) is 0.770. The highest BCUT2D eigenvalue weighted by Gasteiger charge is 2.14. The number of benzene rings is 1. The van der Waals surface area contributed by atoms with Crippen molar-refractivity contribution in [3.8, 4) is 0 Å². The Labute approximate surface area is 79.9 Å². The van der Waals surface area contributed by atoms with Crippen LogP contribution < -0.4 is 11.1 Å². The summed E-state index contributed by atoms with van der Waals surface area (Å²) in [5.41, 5.74) is 6.93. The van der Waals surface area contributed by atoms with Crippen molar-refractivity contribution in [3.05, 3.63) is 23.9 Å². The number of carbonyl (C=O) groups excluding carboxylic acids is 1. The summed E-state index contributed by atoms with van der Waals surface area (Å²) in [6, 6.07) is 5.05. The molecular weight excluding hydrogens is 182 g/mol. The second-order valence-electron chi connectivity index (χ2n) is 2.87. The average molecular weight is 191 g/mol. The second-order valence-corrected chi connectivity index (χ2v) is 2.87. The summed E-state index contributed by atoms with van der Waals surface area (Å²) < 4.78 is 4.96. The van der Waals surface area contributed by atoms with Crippen LogP contribution in [0.2, 0.25) is 0 Å². The number of hydrogen-bond acceptors (Lipinski definition) is 4. The molecule has 0 saturated carbocycles. The average Bonchev–Trinajstić information content (AvgIpc) is 2.59. The number of rotatable bonds is 1. The number of nitrogens with zero attached hydrogens (tertiary/aromatic N) is 1. The number of hydrogen-bond donors (Lipinski definition) is 2. The van der Waals surface area contributed by atoms with E-state index in [4.69, 9.17) is 10.3 Å². The Bertz CT molecular complexity index is 490. The normalized spacial score (nSPS) is 10.4. The van der Waals surface area contributed by atoms with Gasteiger partial charge >= 0.3 is 0 Å². The van der Waals surface area contributed by atoms with Crippen molar-refractivity contribution in [1.29, 1.82) is 0 Å². The van der Waals surface area contributed by atoms with Crippen molar-refractivity contribution < 1.29 is 9.32 Å². The highest BCUT2D eigenvalue weighted by Crippen LogP contribution is 2.20. The highest BCUT2D eigenvalue weighted by atomic mass is 16.5. The monoisotopic (exact) mass is 191 g/mol. The first-order valence-electron chi connectivity index (χ1n) is 4.09. The minimum atomic E-state index is -0.270.